The molecule has 0 atom stereocenters. The Morgan fingerprint density at radius 1 is 0.846 bits per heavy atom. The predicted molar refractivity (Wildman–Crippen MR) is 109 cm³/mol. The molecule has 0 bridgehead atoms. The van der Waals surface area contributed by atoms with Gasteiger partial charge in [-0.1, -0.05) is 52.3 Å². The predicted octanol–water partition coefficient (Wildman–Crippen LogP) is 4.33. The van der Waals surface area contributed by atoms with Crippen molar-refractivity contribution in [3.8, 4) is 5.75 Å². The van der Waals surface area contributed by atoms with Crippen LogP contribution in [0.25, 0.3) is 0 Å². The normalized spacial score (nSPS) is 11.0. The van der Waals surface area contributed by atoms with Gasteiger partial charge in [-0.05, 0) is 48.5 Å². The average molecular weight is 430 g/mol. The van der Waals surface area contributed by atoms with Gasteiger partial charge in [-0.15, -0.1) is 0 Å². The SMILES string of the molecule is O=C(CBr)Nc1ccc(OP(=O)(c2ccccc2)c2ccccc2)cc1. The van der Waals surface area contributed by atoms with Crippen LogP contribution in [-0.2, 0) is 9.36 Å². The molecule has 0 aromatic heterocycles. The molecular formula is C20H17BrNO3P. The number of alkyl halides is 1. The summed E-state index contributed by atoms with van der Waals surface area (Å²) in [6, 6.07) is 25.2. The van der Waals surface area contributed by atoms with Crippen molar-refractivity contribution >= 4 is 45.5 Å². The van der Waals surface area contributed by atoms with E-state index in [9.17, 15) is 9.36 Å². The van der Waals surface area contributed by atoms with Crippen LogP contribution in [0.3, 0.4) is 0 Å². The van der Waals surface area contributed by atoms with Gasteiger partial charge >= 0.3 is 7.37 Å². The van der Waals surface area contributed by atoms with Crippen molar-refractivity contribution in [2.75, 3.05) is 10.6 Å². The van der Waals surface area contributed by atoms with E-state index in [2.05, 4.69) is 21.2 Å². The van der Waals surface area contributed by atoms with Gasteiger partial charge in [-0.2, -0.15) is 0 Å². The number of benzene rings is 3. The van der Waals surface area contributed by atoms with Crippen LogP contribution < -0.4 is 20.4 Å². The second kappa shape index (κ2) is 8.35. The van der Waals surface area contributed by atoms with Crippen molar-refractivity contribution in [1.82, 2.24) is 0 Å². The topological polar surface area (TPSA) is 55.4 Å². The molecule has 0 heterocycles. The number of hydrogen-bond donors (Lipinski definition) is 1. The van der Waals surface area contributed by atoms with Gasteiger partial charge in [0.25, 0.3) is 0 Å². The Bertz CT molecular complexity index is 871. The third-order valence-electron chi connectivity index (χ3n) is 3.69. The first-order valence-corrected chi connectivity index (χ1v) is 10.7. The van der Waals surface area contributed by atoms with Crippen molar-refractivity contribution in [2.45, 2.75) is 0 Å². The lowest BCUT2D eigenvalue weighted by Crippen LogP contribution is -2.20. The molecule has 0 unspecified atom stereocenters. The molecule has 3 rings (SSSR count). The fourth-order valence-corrected chi connectivity index (χ4v) is 4.64. The Balaban J connectivity index is 1.92. The van der Waals surface area contributed by atoms with Crippen molar-refractivity contribution in [1.29, 1.82) is 0 Å². The highest BCUT2D eigenvalue weighted by Gasteiger charge is 2.29. The number of hydrogen-bond acceptors (Lipinski definition) is 3. The van der Waals surface area contributed by atoms with Crippen molar-refractivity contribution in [3.63, 3.8) is 0 Å². The Kier molecular flexibility index (Phi) is 5.92. The summed E-state index contributed by atoms with van der Waals surface area (Å²) in [5, 5.41) is 4.21. The lowest BCUT2D eigenvalue weighted by Gasteiger charge is -2.20. The van der Waals surface area contributed by atoms with Crippen LogP contribution in [0.2, 0.25) is 0 Å². The maximum absolute atomic E-state index is 13.8. The molecule has 132 valence electrons. The number of rotatable bonds is 6. The van der Waals surface area contributed by atoms with Crippen molar-refractivity contribution in [2.24, 2.45) is 0 Å². The molecular weight excluding hydrogens is 413 g/mol. The summed E-state index contributed by atoms with van der Waals surface area (Å²) in [4.78, 5) is 11.4. The number of anilines is 1. The molecule has 1 N–H and O–H groups in total. The summed E-state index contributed by atoms with van der Waals surface area (Å²) in [5.74, 6) is 0.329. The highest BCUT2D eigenvalue weighted by molar-refractivity contribution is 9.09. The zero-order valence-corrected chi connectivity index (χ0v) is 16.3. The molecule has 0 saturated carbocycles. The Labute approximate surface area is 160 Å². The zero-order chi connectivity index (χ0) is 18.4. The van der Waals surface area contributed by atoms with Crippen LogP contribution in [0.15, 0.2) is 84.9 Å². The smallest absolute Gasteiger partial charge is 0.306 e. The fraction of sp³-hybridized carbons (Fsp3) is 0.0500. The molecule has 0 aliphatic heterocycles. The van der Waals surface area contributed by atoms with Crippen LogP contribution in [0.1, 0.15) is 0 Å². The number of carbonyl (C=O) groups excluding carboxylic acids is 1. The van der Waals surface area contributed by atoms with E-state index in [1.165, 1.54) is 0 Å². The minimum atomic E-state index is -3.29. The van der Waals surface area contributed by atoms with Gasteiger partial charge in [-0.25, -0.2) is 0 Å². The molecule has 3 aromatic carbocycles. The number of nitrogens with one attached hydrogen (secondary N) is 1. The summed E-state index contributed by atoms with van der Waals surface area (Å²) in [6.07, 6.45) is 0. The van der Waals surface area contributed by atoms with E-state index < -0.39 is 7.37 Å². The van der Waals surface area contributed by atoms with E-state index >= 15 is 0 Å². The van der Waals surface area contributed by atoms with Gasteiger partial charge in [0.05, 0.1) is 15.9 Å². The van der Waals surface area contributed by atoms with Crippen molar-refractivity contribution < 1.29 is 13.9 Å². The first-order valence-electron chi connectivity index (χ1n) is 7.98. The molecule has 0 aliphatic rings. The summed E-state index contributed by atoms with van der Waals surface area (Å²) in [6.45, 7) is 0. The summed E-state index contributed by atoms with van der Waals surface area (Å²) < 4.78 is 19.8. The van der Waals surface area contributed by atoms with E-state index in [4.69, 9.17) is 4.52 Å². The average Bonchev–Trinajstić information content (AvgIpc) is 2.70. The maximum Gasteiger partial charge on any atom is 0.306 e. The number of halogens is 1. The maximum atomic E-state index is 13.8. The largest absolute Gasteiger partial charge is 0.437 e. The first kappa shape index (κ1) is 18.4. The molecule has 4 nitrogen and oxygen atoms in total. The van der Waals surface area contributed by atoms with Crippen molar-refractivity contribution in [3.05, 3.63) is 84.9 Å². The van der Waals surface area contributed by atoms with Crippen LogP contribution in [0.4, 0.5) is 5.69 Å². The molecule has 26 heavy (non-hydrogen) atoms. The van der Waals surface area contributed by atoms with E-state index in [0.29, 0.717) is 22.0 Å². The van der Waals surface area contributed by atoms with Gasteiger partial charge in [0.2, 0.25) is 5.91 Å². The quantitative estimate of drug-likeness (QED) is 0.468. The molecule has 0 spiro atoms. The highest BCUT2D eigenvalue weighted by atomic mass is 79.9. The molecule has 6 heteroatoms. The molecule has 3 aromatic rings. The van der Waals surface area contributed by atoms with Gasteiger partial charge in [0.15, 0.2) is 0 Å². The summed E-state index contributed by atoms with van der Waals surface area (Å²) in [5.41, 5.74) is 0.649. The van der Waals surface area contributed by atoms with E-state index in [1.54, 1.807) is 48.5 Å². The summed E-state index contributed by atoms with van der Waals surface area (Å²) >= 11 is 3.10. The molecule has 0 saturated heterocycles. The van der Waals surface area contributed by atoms with Gasteiger partial charge < -0.3 is 9.84 Å². The monoisotopic (exact) mass is 429 g/mol. The van der Waals surface area contributed by atoms with E-state index in [1.807, 2.05) is 36.4 Å². The van der Waals surface area contributed by atoms with Gasteiger partial charge in [-0.3, -0.25) is 9.36 Å². The number of carbonyl (C=O) groups is 1. The van der Waals surface area contributed by atoms with Gasteiger partial charge in [0, 0.05) is 5.69 Å². The fourth-order valence-electron chi connectivity index (χ4n) is 2.44. The second-order valence-corrected chi connectivity index (χ2v) is 8.40. The lowest BCUT2D eigenvalue weighted by molar-refractivity contribution is -0.113. The van der Waals surface area contributed by atoms with Crippen LogP contribution >= 0.6 is 23.3 Å². The van der Waals surface area contributed by atoms with Crippen LogP contribution in [0.5, 0.6) is 5.75 Å². The Morgan fingerprint density at radius 2 is 1.35 bits per heavy atom. The standard InChI is InChI=1S/C20H17BrNO3P/c21-15-20(23)22-16-11-13-17(14-12-16)25-26(24,18-7-3-1-4-8-18)19-9-5-2-6-10-19/h1-14H,15H2,(H,22,23). The first-order chi connectivity index (χ1) is 12.6. The van der Waals surface area contributed by atoms with Crippen LogP contribution in [-0.4, -0.2) is 11.2 Å². The third kappa shape index (κ3) is 4.24. The minimum Gasteiger partial charge on any atom is -0.437 e. The molecule has 0 radical (unpaired) electrons. The van der Waals surface area contributed by atoms with Crippen LogP contribution in [0, 0.1) is 0 Å². The molecule has 1 amide bonds. The summed E-state index contributed by atoms with van der Waals surface area (Å²) in [7, 11) is -3.29. The van der Waals surface area contributed by atoms with E-state index in [-0.39, 0.29) is 11.2 Å². The minimum absolute atomic E-state index is 0.141. The Hall–Kier alpha value is -2.36. The van der Waals surface area contributed by atoms with Gasteiger partial charge in [0.1, 0.15) is 5.75 Å². The second-order valence-electron chi connectivity index (χ2n) is 5.52. The zero-order valence-electron chi connectivity index (χ0n) is 13.8. The highest BCUT2D eigenvalue weighted by Crippen LogP contribution is 2.45. The molecule has 0 aliphatic carbocycles. The number of amides is 1. The third-order valence-corrected chi connectivity index (χ3v) is 6.62. The molecule has 0 fully saturated rings. The Morgan fingerprint density at radius 3 is 1.81 bits per heavy atom. The lowest BCUT2D eigenvalue weighted by atomic mass is 10.3. The van der Waals surface area contributed by atoms with E-state index in [0.717, 1.165) is 0 Å².